The van der Waals surface area contributed by atoms with Gasteiger partial charge in [-0.2, -0.15) is 0 Å². The highest BCUT2D eigenvalue weighted by Gasteiger charge is 2.27. The van der Waals surface area contributed by atoms with Gasteiger partial charge in [0.2, 0.25) is 0 Å². The van der Waals surface area contributed by atoms with Crippen LogP contribution in [0.2, 0.25) is 0 Å². The molecular weight excluding hydrogens is 287 g/mol. The van der Waals surface area contributed by atoms with E-state index in [0.717, 1.165) is 12.8 Å². The number of benzene rings is 1. The third-order valence-electron chi connectivity index (χ3n) is 3.48. The van der Waals surface area contributed by atoms with Crippen LogP contribution in [-0.2, 0) is 19.3 Å². The van der Waals surface area contributed by atoms with Gasteiger partial charge in [0.25, 0.3) is 0 Å². The summed E-state index contributed by atoms with van der Waals surface area (Å²) in [5, 5.41) is 9.89. The molecule has 1 nitrogen and oxygen atoms in total. The van der Waals surface area contributed by atoms with Gasteiger partial charge >= 0.3 is 0 Å². The van der Waals surface area contributed by atoms with Crippen LogP contribution < -0.4 is 0 Å². The first-order valence-corrected chi connectivity index (χ1v) is 6.36. The molecule has 2 heteroatoms. The highest BCUT2D eigenvalue weighted by Crippen LogP contribution is 2.40. The van der Waals surface area contributed by atoms with E-state index in [9.17, 15) is 5.11 Å². The predicted octanol–water partition coefficient (Wildman–Crippen LogP) is 2.76. The fraction of sp³-hybridized carbons (Fsp3) is 0.500. The maximum atomic E-state index is 9.89. The molecule has 0 heterocycles. The Morgan fingerprint density at radius 2 is 2.07 bits per heavy atom. The molecular formula is C12H13IO. The molecule has 0 unspecified atom stereocenters. The zero-order valence-corrected chi connectivity index (χ0v) is 10.2. The lowest BCUT2D eigenvalue weighted by atomic mass is 10.0. The van der Waals surface area contributed by atoms with E-state index in [1.165, 1.54) is 39.5 Å². The molecule has 2 aliphatic carbocycles. The molecule has 1 aromatic carbocycles. The van der Waals surface area contributed by atoms with Gasteiger partial charge in [0.15, 0.2) is 0 Å². The monoisotopic (exact) mass is 300 g/mol. The first-order chi connectivity index (χ1) is 6.77. The van der Waals surface area contributed by atoms with Gasteiger partial charge in [-0.05, 0) is 76.9 Å². The van der Waals surface area contributed by atoms with Crippen molar-refractivity contribution in [2.75, 3.05) is 0 Å². The van der Waals surface area contributed by atoms with E-state index < -0.39 is 0 Å². The summed E-state index contributed by atoms with van der Waals surface area (Å²) in [5.41, 5.74) is 5.71. The Bertz CT molecular complexity index is 398. The third kappa shape index (κ3) is 1.16. The minimum atomic E-state index is -0.192. The molecule has 0 spiro atoms. The minimum Gasteiger partial charge on any atom is -0.388 e. The van der Waals surface area contributed by atoms with Crippen molar-refractivity contribution in [1.82, 2.24) is 0 Å². The number of fused-ring (bicyclic) bond motifs is 2. The predicted molar refractivity (Wildman–Crippen MR) is 64.5 cm³/mol. The zero-order valence-electron chi connectivity index (χ0n) is 8.02. The molecule has 0 fully saturated rings. The molecule has 0 radical (unpaired) electrons. The van der Waals surface area contributed by atoms with E-state index in [2.05, 4.69) is 28.7 Å². The topological polar surface area (TPSA) is 20.2 Å². The van der Waals surface area contributed by atoms with Crippen molar-refractivity contribution in [2.24, 2.45) is 0 Å². The normalized spacial score (nSPS) is 23.7. The number of aryl methyl sites for hydroxylation is 2. The van der Waals surface area contributed by atoms with Crippen LogP contribution in [0.15, 0.2) is 6.07 Å². The summed E-state index contributed by atoms with van der Waals surface area (Å²) >= 11 is 2.43. The van der Waals surface area contributed by atoms with E-state index >= 15 is 0 Å². The van der Waals surface area contributed by atoms with Crippen LogP contribution in [0.3, 0.4) is 0 Å². The summed E-state index contributed by atoms with van der Waals surface area (Å²) in [7, 11) is 0. The largest absolute Gasteiger partial charge is 0.388 e. The average Bonchev–Trinajstić information content (AvgIpc) is 2.74. The molecule has 3 rings (SSSR count). The van der Waals surface area contributed by atoms with E-state index in [4.69, 9.17) is 0 Å². The molecule has 0 saturated carbocycles. The second-order valence-corrected chi connectivity index (χ2v) is 5.39. The fourth-order valence-corrected chi connectivity index (χ4v) is 4.09. The molecule has 1 atom stereocenters. The smallest absolute Gasteiger partial charge is 0.0806 e. The van der Waals surface area contributed by atoms with E-state index in [1.54, 1.807) is 5.56 Å². The summed E-state index contributed by atoms with van der Waals surface area (Å²) in [6, 6.07) is 2.34. The van der Waals surface area contributed by atoms with Gasteiger partial charge in [0, 0.05) is 3.57 Å². The van der Waals surface area contributed by atoms with E-state index in [1.807, 2.05) is 0 Å². The van der Waals surface area contributed by atoms with Gasteiger partial charge in [0.1, 0.15) is 0 Å². The SMILES string of the molecule is O[C@H]1CCc2cc3c(c(I)c21)CCC3. The van der Waals surface area contributed by atoms with Crippen molar-refractivity contribution in [3.05, 3.63) is 31.9 Å². The van der Waals surface area contributed by atoms with E-state index in [-0.39, 0.29) is 6.10 Å². The summed E-state index contributed by atoms with van der Waals surface area (Å²) in [5.74, 6) is 0. The lowest BCUT2D eigenvalue weighted by molar-refractivity contribution is 0.179. The van der Waals surface area contributed by atoms with Gasteiger partial charge in [0.05, 0.1) is 6.10 Å². The number of aliphatic hydroxyl groups excluding tert-OH is 1. The maximum absolute atomic E-state index is 9.89. The molecule has 1 N–H and O–H groups in total. The van der Waals surface area contributed by atoms with Crippen molar-refractivity contribution >= 4 is 22.6 Å². The molecule has 0 bridgehead atoms. The van der Waals surface area contributed by atoms with Crippen LogP contribution in [0, 0.1) is 3.57 Å². The van der Waals surface area contributed by atoms with Gasteiger partial charge in [-0.3, -0.25) is 0 Å². The van der Waals surface area contributed by atoms with Crippen LogP contribution in [0.5, 0.6) is 0 Å². The molecule has 1 aromatic rings. The zero-order chi connectivity index (χ0) is 9.71. The van der Waals surface area contributed by atoms with Gasteiger partial charge in [-0.15, -0.1) is 0 Å². The van der Waals surface area contributed by atoms with E-state index in [0.29, 0.717) is 0 Å². The number of halogens is 1. The molecule has 0 aliphatic heterocycles. The maximum Gasteiger partial charge on any atom is 0.0806 e. The van der Waals surface area contributed by atoms with Crippen LogP contribution in [0.1, 0.15) is 41.2 Å². The first kappa shape index (κ1) is 9.16. The lowest BCUT2D eigenvalue weighted by Crippen LogP contribution is -1.99. The van der Waals surface area contributed by atoms with Gasteiger partial charge in [-0.25, -0.2) is 0 Å². The lowest BCUT2D eigenvalue weighted by Gasteiger charge is -2.11. The molecule has 74 valence electrons. The Morgan fingerprint density at radius 1 is 1.21 bits per heavy atom. The quantitative estimate of drug-likeness (QED) is 0.731. The van der Waals surface area contributed by atoms with Crippen molar-refractivity contribution < 1.29 is 5.11 Å². The Kier molecular flexibility index (Phi) is 2.10. The van der Waals surface area contributed by atoms with Crippen LogP contribution >= 0.6 is 22.6 Å². The first-order valence-electron chi connectivity index (χ1n) is 5.28. The second kappa shape index (κ2) is 3.20. The molecule has 0 amide bonds. The average molecular weight is 300 g/mol. The van der Waals surface area contributed by atoms with Gasteiger partial charge < -0.3 is 5.11 Å². The number of rotatable bonds is 0. The highest BCUT2D eigenvalue weighted by molar-refractivity contribution is 14.1. The van der Waals surface area contributed by atoms with Crippen molar-refractivity contribution in [3.8, 4) is 0 Å². The van der Waals surface area contributed by atoms with Gasteiger partial charge in [-0.1, -0.05) is 6.07 Å². The molecule has 0 saturated heterocycles. The number of hydrogen-bond donors (Lipinski definition) is 1. The fourth-order valence-electron chi connectivity index (χ4n) is 2.77. The summed E-state index contributed by atoms with van der Waals surface area (Å²) < 4.78 is 1.36. The summed E-state index contributed by atoms with van der Waals surface area (Å²) in [6.45, 7) is 0. The Morgan fingerprint density at radius 3 is 2.93 bits per heavy atom. The summed E-state index contributed by atoms with van der Waals surface area (Å²) in [4.78, 5) is 0. The molecule has 14 heavy (non-hydrogen) atoms. The molecule has 2 aliphatic rings. The Balaban J connectivity index is 2.25. The summed E-state index contributed by atoms with van der Waals surface area (Å²) in [6.07, 6.45) is 5.56. The second-order valence-electron chi connectivity index (χ2n) is 4.31. The highest BCUT2D eigenvalue weighted by atomic mass is 127. The Hall–Kier alpha value is -0.0900. The number of aliphatic hydroxyl groups is 1. The van der Waals surface area contributed by atoms with Crippen LogP contribution in [-0.4, -0.2) is 5.11 Å². The van der Waals surface area contributed by atoms with Crippen LogP contribution in [0.4, 0.5) is 0 Å². The number of hydrogen-bond acceptors (Lipinski definition) is 1. The van der Waals surface area contributed by atoms with Crippen molar-refractivity contribution in [3.63, 3.8) is 0 Å². The van der Waals surface area contributed by atoms with Crippen molar-refractivity contribution in [1.29, 1.82) is 0 Å². The van der Waals surface area contributed by atoms with Crippen LogP contribution in [0.25, 0.3) is 0 Å². The molecule has 0 aromatic heterocycles. The standard InChI is InChI=1S/C12H13IO/c13-12-9-3-1-2-7(9)6-8-4-5-10(14)11(8)12/h6,10,14H,1-5H2/t10-/m0/s1. The Labute approximate surface area is 97.7 Å². The third-order valence-corrected chi connectivity index (χ3v) is 4.71. The minimum absolute atomic E-state index is 0.192. The van der Waals surface area contributed by atoms with Crippen molar-refractivity contribution in [2.45, 2.75) is 38.2 Å².